The number of ether oxygens (including phenoxy) is 5. The Morgan fingerprint density at radius 2 is 1.71 bits per heavy atom. The number of aliphatic hydroxyl groups is 5. The first-order chi connectivity index (χ1) is 18.2. The molecule has 1 saturated heterocycles. The lowest BCUT2D eigenvalue weighted by Gasteiger charge is -2.43. The van der Waals surface area contributed by atoms with Crippen molar-refractivity contribution in [3.8, 4) is 0 Å². The van der Waals surface area contributed by atoms with Crippen molar-refractivity contribution in [3.05, 3.63) is 53.8 Å². The second-order valence-corrected chi connectivity index (χ2v) is 9.50. The zero-order valence-corrected chi connectivity index (χ0v) is 20.8. The van der Waals surface area contributed by atoms with E-state index in [-0.39, 0.29) is 5.57 Å². The van der Waals surface area contributed by atoms with E-state index < -0.39 is 85.5 Å². The molecule has 208 valence electrons. The van der Waals surface area contributed by atoms with E-state index in [2.05, 4.69) is 0 Å². The molecule has 4 rings (SSSR count). The summed E-state index contributed by atoms with van der Waals surface area (Å²) in [6, 6.07) is 9.04. The van der Waals surface area contributed by atoms with Crippen molar-refractivity contribution in [2.24, 2.45) is 17.8 Å². The number of hydrogen-bond donors (Lipinski definition) is 5. The molecule has 3 aliphatic rings. The molecule has 0 unspecified atom stereocenters. The fourth-order valence-corrected chi connectivity index (χ4v) is 5.18. The molecule has 0 bridgehead atoms. The third-order valence-electron chi connectivity index (χ3n) is 7.26. The van der Waals surface area contributed by atoms with Crippen molar-refractivity contribution < 1.29 is 58.8 Å². The number of methoxy groups -OCH3 is 1. The van der Waals surface area contributed by atoms with Crippen molar-refractivity contribution in [2.45, 2.75) is 56.1 Å². The minimum absolute atomic E-state index is 0.0133. The molecule has 2 aliphatic heterocycles. The van der Waals surface area contributed by atoms with Crippen molar-refractivity contribution in [1.82, 2.24) is 0 Å². The van der Waals surface area contributed by atoms with Crippen LogP contribution in [0.5, 0.6) is 0 Å². The number of carbonyl (C=O) groups is 2. The second kappa shape index (κ2) is 11.9. The minimum atomic E-state index is -1.70. The normalized spacial score (nSPS) is 38.7. The van der Waals surface area contributed by atoms with Crippen LogP contribution in [-0.4, -0.2) is 100 Å². The van der Waals surface area contributed by atoms with Crippen LogP contribution in [-0.2, 0) is 33.3 Å². The fraction of sp³-hybridized carbons (Fsp3) is 0.538. The van der Waals surface area contributed by atoms with E-state index in [4.69, 9.17) is 23.7 Å². The van der Waals surface area contributed by atoms with E-state index in [1.54, 1.807) is 25.1 Å². The molecule has 0 spiro atoms. The van der Waals surface area contributed by atoms with E-state index in [0.29, 0.717) is 0 Å². The van der Waals surface area contributed by atoms with Gasteiger partial charge in [-0.2, -0.15) is 0 Å². The summed E-state index contributed by atoms with van der Waals surface area (Å²) in [6.07, 6.45) is -7.48. The summed E-state index contributed by atoms with van der Waals surface area (Å²) in [5, 5.41) is 51.1. The van der Waals surface area contributed by atoms with Crippen LogP contribution in [0.2, 0.25) is 0 Å². The molecule has 0 amide bonds. The minimum Gasteiger partial charge on any atom is -0.472 e. The van der Waals surface area contributed by atoms with Gasteiger partial charge < -0.3 is 49.2 Å². The van der Waals surface area contributed by atoms with Gasteiger partial charge in [0.2, 0.25) is 6.29 Å². The van der Waals surface area contributed by atoms with Crippen molar-refractivity contribution in [1.29, 1.82) is 0 Å². The molecular formula is C26H32O12. The molecule has 1 aromatic rings. The van der Waals surface area contributed by atoms with Gasteiger partial charge in [-0.05, 0) is 17.6 Å². The van der Waals surface area contributed by atoms with Gasteiger partial charge >= 0.3 is 11.9 Å². The van der Waals surface area contributed by atoms with Crippen LogP contribution in [0.3, 0.4) is 0 Å². The number of fused-ring (bicyclic) bond motifs is 1. The highest BCUT2D eigenvalue weighted by Crippen LogP contribution is 2.49. The third-order valence-corrected chi connectivity index (χ3v) is 7.26. The molecule has 0 aromatic heterocycles. The van der Waals surface area contributed by atoms with Crippen molar-refractivity contribution >= 4 is 18.0 Å². The Labute approximate surface area is 218 Å². The topological polar surface area (TPSA) is 181 Å². The maximum absolute atomic E-state index is 12.7. The summed E-state index contributed by atoms with van der Waals surface area (Å²) >= 11 is 0. The van der Waals surface area contributed by atoms with E-state index in [1.165, 1.54) is 13.2 Å². The summed E-state index contributed by atoms with van der Waals surface area (Å²) in [5.41, 5.74) is 0.774. The number of carbonyl (C=O) groups excluding carboxylic acids is 2. The van der Waals surface area contributed by atoms with Gasteiger partial charge in [-0.15, -0.1) is 0 Å². The zero-order chi connectivity index (χ0) is 27.6. The molecule has 12 heteroatoms. The van der Waals surface area contributed by atoms with Gasteiger partial charge in [0.15, 0.2) is 6.29 Å². The molecule has 5 N–H and O–H groups in total. The third kappa shape index (κ3) is 5.47. The van der Waals surface area contributed by atoms with Crippen LogP contribution in [0.15, 0.2) is 48.2 Å². The predicted molar refractivity (Wildman–Crippen MR) is 127 cm³/mol. The standard InChI is InChI=1S/C26H32O12/c1-12-17-18(23(19(12)29)37-16(28)9-8-13-6-4-3-5-7-13)14(24(33)34-2)11-35-25(17)38-26-22(32)21(31)20(30)15(10-27)36-26/h3-9,11-12,15,17-23,25-27,29-32H,10H2,1-2H3/t12-,15+,17+,18+,19+,20+,21-,22+,23-,25-,26-/m0/s1. The van der Waals surface area contributed by atoms with Crippen LogP contribution < -0.4 is 0 Å². The molecular weight excluding hydrogens is 504 g/mol. The van der Waals surface area contributed by atoms with Crippen molar-refractivity contribution in [2.75, 3.05) is 13.7 Å². The molecule has 38 heavy (non-hydrogen) atoms. The number of esters is 2. The predicted octanol–water partition coefficient (Wildman–Crippen LogP) is -0.916. The number of aliphatic hydroxyl groups excluding tert-OH is 5. The Hall–Kier alpha value is -2.84. The summed E-state index contributed by atoms with van der Waals surface area (Å²) in [7, 11) is 1.17. The van der Waals surface area contributed by atoms with E-state index in [9.17, 15) is 35.1 Å². The Kier molecular flexibility index (Phi) is 8.83. The molecule has 1 aliphatic carbocycles. The van der Waals surface area contributed by atoms with Gasteiger partial charge in [0.05, 0.1) is 31.7 Å². The van der Waals surface area contributed by atoms with Gasteiger partial charge in [-0.25, -0.2) is 9.59 Å². The monoisotopic (exact) mass is 536 g/mol. The molecule has 12 nitrogen and oxygen atoms in total. The Bertz CT molecular complexity index is 1040. The summed E-state index contributed by atoms with van der Waals surface area (Å²) in [4.78, 5) is 25.2. The van der Waals surface area contributed by atoms with Crippen LogP contribution in [0.25, 0.3) is 6.08 Å². The van der Waals surface area contributed by atoms with Crippen LogP contribution in [0.1, 0.15) is 12.5 Å². The van der Waals surface area contributed by atoms with Crippen molar-refractivity contribution in [3.63, 3.8) is 0 Å². The van der Waals surface area contributed by atoms with Crippen LogP contribution >= 0.6 is 0 Å². The molecule has 2 heterocycles. The average molecular weight is 537 g/mol. The smallest absolute Gasteiger partial charge is 0.337 e. The second-order valence-electron chi connectivity index (χ2n) is 9.50. The molecule has 1 saturated carbocycles. The molecule has 11 atom stereocenters. The maximum atomic E-state index is 12.7. The zero-order valence-electron chi connectivity index (χ0n) is 20.8. The van der Waals surface area contributed by atoms with Gasteiger partial charge in [-0.3, -0.25) is 0 Å². The van der Waals surface area contributed by atoms with Gasteiger partial charge in [0.25, 0.3) is 0 Å². The molecule has 2 fully saturated rings. The first-order valence-corrected chi connectivity index (χ1v) is 12.2. The van der Waals surface area contributed by atoms with Crippen LogP contribution in [0, 0.1) is 17.8 Å². The Morgan fingerprint density at radius 1 is 1.00 bits per heavy atom. The quantitative estimate of drug-likeness (QED) is 0.214. The lowest BCUT2D eigenvalue weighted by Crippen LogP contribution is -2.60. The highest BCUT2D eigenvalue weighted by Gasteiger charge is 2.59. The van der Waals surface area contributed by atoms with Crippen LogP contribution in [0.4, 0.5) is 0 Å². The lowest BCUT2D eigenvalue weighted by molar-refractivity contribution is -0.343. The highest BCUT2D eigenvalue weighted by molar-refractivity contribution is 5.90. The van der Waals surface area contributed by atoms with E-state index in [0.717, 1.165) is 11.8 Å². The molecule has 0 radical (unpaired) electrons. The van der Waals surface area contributed by atoms with Gasteiger partial charge in [0.1, 0.15) is 30.5 Å². The van der Waals surface area contributed by atoms with E-state index in [1.807, 2.05) is 18.2 Å². The summed E-state index contributed by atoms with van der Waals surface area (Å²) in [5.74, 6) is -3.84. The molecule has 1 aromatic carbocycles. The Balaban J connectivity index is 1.57. The Morgan fingerprint density at radius 3 is 2.37 bits per heavy atom. The average Bonchev–Trinajstić information content (AvgIpc) is 3.18. The first kappa shape index (κ1) is 28.2. The SMILES string of the molecule is COC(=O)C1=CO[C@@H](O[C@@H]2O[C@H](CO)[C@@H](O)[C@H](O)[C@H]2O)[C@@H]2[C@H](C)[C@@H](O)[C@@H](OC(=O)C=Cc3ccccc3)[C@H]12. The number of hydrogen-bond acceptors (Lipinski definition) is 12. The number of benzene rings is 1. The summed E-state index contributed by atoms with van der Waals surface area (Å²) < 4.78 is 27.4. The maximum Gasteiger partial charge on any atom is 0.337 e. The van der Waals surface area contributed by atoms with Gasteiger partial charge in [-0.1, -0.05) is 37.3 Å². The first-order valence-electron chi connectivity index (χ1n) is 12.2. The van der Waals surface area contributed by atoms with E-state index >= 15 is 0 Å². The number of rotatable bonds is 7. The fourth-order valence-electron chi connectivity index (χ4n) is 5.18. The van der Waals surface area contributed by atoms with Gasteiger partial charge in [0, 0.05) is 17.9 Å². The largest absolute Gasteiger partial charge is 0.472 e. The highest BCUT2D eigenvalue weighted by atomic mass is 16.8. The lowest BCUT2D eigenvalue weighted by atomic mass is 9.82. The summed E-state index contributed by atoms with van der Waals surface area (Å²) in [6.45, 7) is 1.00.